The monoisotopic (exact) mass is 335 g/mol. The molecule has 0 saturated carbocycles. The van der Waals surface area contributed by atoms with Gasteiger partial charge in [0.1, 0.15) is 0 Å². The van der Waals surface area contributed by atoms with Crippen molar-refractivity contribution in [3.05, 3.63) is 34.9 Å². The molecule has 1 aromatic heterocycles. The minimum atomic E-state index is -0.334. The average molecular weight is 336 g/mol. The summed E-state index contributed by atoms with van der Waals surface area (Å²) in [6.07, 6.45) is 2.76. The summed E-state index contributed by atoms with van der Waals surface area (Å²) in [5.41, 5.74) is 7.07. The highest BCUT2D eigenvalue weighted by atomic mass is 79.9. The number of halogens is 1. The molecule has 3 N–H and O–H groups in total. The Kier molecular flexibility index (Phi) is 4.40. The molecule has 0 fully saturated rings. The normalized spacial score (nSPS) is 11.6. The van der Waals surface area contributed by atoms with E-state index in [0.717, 1.165) is 21.1 Å². The number of pyridine rings is 1. The van der Waals surface area contributed by atoms with Crippen molar-refractivity contribution < 1.29 is 4.79 Å². The quantitative estimate of drug-likeness (QED) is 0.898. The molecule has 0 aliphatic heterocycles. The number of rotatable bonds is 4. The van der Waals surface area contributed by atoms with Crippen molar-refractivity contribution >= 4 is 38.4 Å². The van der Waals surface area contributed by atoms with Crippen LogP contribution in [-0.2, 0) is 4.79 Å². The second-order valence-corrected chi connectivity index (χ2v) is 6.48. The molecule has 5 heteroatoms. The Hall–Kier alpha value is -1.46. The third kappa shape index (κ3) is 4.02. The maximum absolute atomic E-state index is 12.0. The highest BCUT2D eigenvalue weighted by Crippen LogP contribution is 2.24. The predicted molar refractivity (Wildman–Crippen MR) is 85.6 cm³/mol. The van der Waals surface area contributed by atoms with Gasteiger partial charge in [0.2, 0.25) is 5.91 Å². The number of amides is 1. The molecule has 106 valence electrons. The number of carbonyl (C=O) groups is 1. The Bertz CT molecular complexity index is 635. The molecule has 0 unspecified atom stereocenters. The van der Waals surface area contributed by atoms with Crippen molar-refractivity contribution in [3.63, 3.8) is 0 Å². The van der Waals surface area contributed by atoms with E-state index in [4.69, 9.17) is 5.73 Å². The third-order valence-electron chi connectivity index (χ3n) is 2.95. The van der Waals surface area contributed by atoms with Gasteiger partial charge < -0.3 is 11.1 Å². The molecule has 2 rings (SSSR count). The molecule has 0 radical (unpaired) electrons. The number of hydrogen-bond acceptors (Lipinski definition) is 3. The maximum Gasteiger partial charge on any atom is 0.224 e. The van der Waals surface area contributed by atoms with Crippen LogP contribution >= 0.6 is 15.9 Å². The Morgan fingerprint density at radius 3 is 2.90 bits per heavy atom. The topological polar surface area (TPSA) is 68.0 Å². The highest BCUT2D eigenvalue weighted by Gasteiger charge is 2.14. The first-order chi connectivity index (χ1) is 9.35. The summed E-state index contributed by atoms with van der Waals surface area (Å²) in [4.78, 5) is 16.3. The van der Waals surface area contributed by atoms with Gasteiger partial charge in [-0.2, -0.15) is 0 Å². The Balaban J connectivity index is 2.15. The van der Waals surface area contributed by atoms with Crippen molar-refractivity contribution in [2.24, 2.45) is 5.73 Å². The lowest BCUT2D eigenvalue weighted by Crippen LogP contribution is -2.33. The molecule has 1 aromatic carbocycles. The summed E-state index contributed by atoms with van der Waals surface area (Å²) >= 11 is 3.39. The zero-order chi connectivity index (χ0) is 14.8. The summed E-state index contributed by atoms with van der Waals surface area (Å²) in [6, 6.07) is 7.69. The van der Waals surface area contributed by atoms with Crippen molar-refractivity contribution in [1.82, 2.24) is 4.98 Å². The number of anilines is 1. The summed E-state index contributed by atoms with van der Waals surface area (Å²) in [5, 5.41) is 3.89. The first-order valence-corrected chi connectivity index (χ1v) is 7.27. The van der Waals surface area contributed by atoms with E-state index in [0.29, 0.717) is 12.8 Å². The Morgan fingerprint density at radius 2 is 2.20 bits per heavy atom. The highest BCUT2D eigenvalue weighted by molar-refractivity contribution is 9.10. The van der Waals surface area contributed by atoms with Crippen LogP contribution in [0.15, 0.2) is 34.9 Å². The summed E-state index contributed by atoms with van der Waals surface area (Å²) in [6.45, 7) is 3.83. The van der Waals surface area contributed by atoms with Crippen LogP contribution in [0.4, 0.5) is 5.69 Å². The number of nitrogens with two attached hydrogens (primary N) is 1. The number of carbonyl (C=O) groups excluding carboxylic acids is 1. The molecule has 1 heterocycles. The van der Waals surface area contributed by atoms with E-state index in [9.17, 15) is 4.79 Å². The molecule has 0 bridgehead atoms. The van der Waals surface area contributed by atoms with Gasteiger partial charge in [-0.3, -0.25) is 9.78 Å². The number of aromatic nitrogens is 1. The van der Waals surface area contributed by atoms with Gasteiger partial charge in [0.25, 0.3) is 0 Å². The fourth-order valence-corrected chi connectivity index (χ4v) is 2.23. The van der Waals surface area contributed by atoms with E-state index < -0.39 is 0 Å². The van der Waals surface area contributed by atoms with Gasteiger partial charge in [0.15, 0.2) is 0 Å². The summed E-state index contributed by atoms with van der Waals surface area (Å²) in [7, 11) is 0. The van der Waals surface area contributed by atoms with Crippen molar-refractivity contribution in [2.75, 3.05) is 5.32 Å². The number of benzene rings is 1. The van der Waals surface area contributed by atoms with Crippen LogP contribution in [0.25, 0.3) is 10.9 Å². The van der Waals surface area contributed by atoms with Crippen LogP contribution in [0, 0.1) is 0 Å². The van der Waals surface area contributed by atoms with Crippen LogP contribution in [0.3, 0.4) is 0 Å². The number of fused-ring (bicyclic) bond motifs is 1. The smallest absolute Gasteiger partial charge is 0.224 e. The van der Waals surface area contributed by atoms with Crippen molar-refractivity contribution in [1.29, 1.82) is 0 Å². The van der Waals surface area contributed by atoms with Gasteiger partial charge in [-0.05, 0) is 48.3 Å². The lowest BCUT2D eigenvalue weighted by molar-refractivity contribution is -0.116. The molecule has 0 atom stereocenters. The van der Waals surface area contributed by atoms with Gasteiger partial charge in [0, 0.05) is 28.0 Å². The summed E-state index contributed by atoms with van der Waals surface area (Å²) in [5.74, 6) is -0.0410. The van der Waals surface area contributed by atoms with Crippen LogP contribution in [0.2, 0.25) is 0 Å². The van der Waals surface area contributed by atoms with E-state index in [1.54, 1.807) is 6.20 Å². The summed E-state index contributed by atoms with van der Waals surface area (Å²) < 4.78 is 0.915. The van der Waals surface area contributed by atoms with Gasteiger partial charge in [0.05, 0.1) is 11.2 Å². The van der Waals surface area contributed by atoms with Crippen LogP contribution in [0.5, 0.6) is 0 Å². The number of nitrogens with one attached hydrogen (secondary N) is 1. The van der Waals surface area contributed by atoms with Crippen LogP contribution in [-0.4, -0.2) is 16.4 Å². The zero-order valence-corrected chi connectivity index (χ0v) is 13.2. The lowest BCUT2D eigenvalue weighted by atomic mass is 10.00. The first kappa shape index (κ1) is 14.9. The fourth-order valence-electron chi connectivity index (χ4n) is 1.88. The molecule has 0 saturated heterocycles. The van der Waals surface area contributed by atoms with Gasteiger partial charge in [-0.15, -0.1) is 0 Å². The van der Waals surface area contributed by atoms with Gasteiger partial charge in [-0.25, -0.2) is 0 Å². The minimum absolute atomic E-state index is 0.0410. The largest absolute Gasteiger partial charge is 0.326 e. The number of para-hydroxylation sites is 1. The van der Waals surface area contributed by atoms with E-state index in [1.807, 2.05) is 38.1 Å². The molecular weight excluding hydrogens is 318 g/mol. The second-order valence-electron chi connectivity index (χ2n) is 5.57. The standard InChI is InChI=1S/C15H18BrN3O/c1-15(2,17)7-6-13(20)19-12-5-3-4-10-8-11(16)9-18-14(10)12/h3-5,8-9H,6-7,17H2,1-2H3,(H,19,20). The predicted octanol–water partition coefficient (Wildman–Crippen LogP) is 3.45. The van der Waals surface area contributed by atoms with Gasteiger partial charge in [-0.1, -0.05) is 12.1 Å². The Morgan fingerprint density at radius 1 is 1.45 bits per heavy atom. The number of hydrogen-bond donors (Lipinski definition) is 2. The molecule has 20 heavy (non-hydrogen) atoms. The van der Waals surface area contributed by atoms with E-state index in [-0.39, 0.29) is 11.4 Å². The maximum atomic E-state index is 12.0. The van der Waals surface area contributed by atoms with E-state index >= 15 is 0 Å². The third-order valence-corrected chi connectivity index (χ3v) is 3.38. The average Bonchev–Trinajstić information content (AvgIpc) is 2.35. The fraction of sp³-hybridized carbons (Fsp3) is 0.333. The number of nitrogens with zero attached hydrogens (tertiary/aromatic N) is 1. The van der Waals surface area contributed by atoms with E-state index in [1.165, 1.54) is 0 Å². The second kappa shape index (κ2) is 5.89. The minimum Gasteiger partial charge on any atom is -0.326 e. The SMILES string of the molecule is CC(C)(N)CCC(=O)Nc1cccc2cc(Br)cnc12. The first-order valence-electron chi connectivity index (χ1n) is 6.48. The molecule has 0 aliphatic rings. The van der Waals surface area contributed by atoms with Crippen molar-refractivity contribution in [2.45, 2.75) is 32.2 Å². The molecule has 0 aliphatic carbocycles. The van der Waals surface area contributed by atoms with Crippen LogP contribution < -0.4 is 11.1 Å². The van der Waals surface area contributed by atoms with Gasteiger partial charge >= 0.3 is 0 Å². The zero-order valence-electron chi connectivity index (χ0n) is 11.6. The molecule has 1 amide bonds. The lowest BCUT2D eigenvalue weighted by Gasteiger charge is -2.17. The Labute approximate surface area is 126 Å². The molecular formula is C15H18BrN3O. The van der Waals surface area contributed by atoms with Crippen LogP contribution in [0.1, 0.15) is 26.7 Å². The van der Waals surface area contributed by atoms with E-state index in [2.05, 4.69) is 26.2 Å². The molecule has 0 spiro atoms. The molecule has 2 aromatic rings. The van der Waals surface area contributed by atoms with Crippen molar-refractivity contribution in [3.8, 4) is 0 Å². The molecule has 4 nitrogen and oxygen atoms in total.